The molecule has 0 aliphatic carbocycles. The van der Waals surface area contributed by atoms with Crippen molar-refractivity contribution in [3.8, 4) is 0 Å². The molecule has 0 aromatic carbocycles. The van der Waals surface area contributed by atoms with Gasteiger partial charge in [-0.15, -0.1) is 0 Å². The standard InChI is InChI=1S/C2H7N.In/c1-3-2;/h3H,1-2H3;. The first-order chi connectivity index (χ1) is 1.41. The van der Waals surface area contributed by atoms with Gasteiger partial charge in [-0.2, -0.15) is 0 Å². The molecule has 3 radical (unpaired) electrons. The van der Waals surface area contributed by atoms with Crippen LogP contribution in [-0.4, -0.2) is 39.9 Å². The summed E-state index contributed by atoms with van der Waals surface area (Å²) in [5.74, 6) is 0. The Balaban J connectivity index is 0. The second-order valence-electron chi connectivity index (χ2n) is 0.500. The second-order valence-corrected chi connectivity index (χ2v) is 0.500. The van der Waals surface area contributed by atoms with Crippen molar-refractivity contribution < 1.29 is 0 Å². The van der Waals surface area contributed by atoms with Crippen molar-refractivity contribution in [2.24, 2.45) is 0 Å². The molecule has 2 heteroatoms. The van der Waals surface area contributed by atoms with Crippen LogP contribution >= 0.6 is 0 Å². The van der Waals surface area contributed by atoms with Crippen LogP contribution in [0.25, 0.3) is 0 Å². The average molecular weight is 160 g/mol. The van der Waals surface area contributed by atoms with Crippen LogP contribution < -0.4 is 5.32 Å². The number of rotatable bonds is 0. The molecular weight excluding hydrogens is 153 g/mol. The molecule has 0 aliphatic rings. The Morgan fingerprint density at radius 1 is 1.25 bits per heavy atom. The first kappa shape index (κ1) is 8.85. The predicted molar refractivity (Wildman–Crippen MR) is 20.7 cm³/mol. The molecule has 4 heavy (non-hydrogen) atoms. The van der Waals surface area contributed by atoms with Gasteiger partial charge >= 0.3 is 0 Å². The van der Waals surface area contributed by atoms with Crippen LogP contribution in [0.15, 0.2) is 0 Å². The zero-order valence-corrected chi connectivity index (χ0v) is 6.37. The minimum absolute atomic E-state index is 0. The summed E-state index contributed by atoms with van der Waals surface area (Å²) in [5, 5.41) is 2.75. The van der Waals surface area contributed by atoms with E-state index in [1.54, 1.807) is 0 Å². The zero-order chi connectivity index (χ0) is 2.71. The van der Waals surface area contributed by atoms with Crippen LogP contribution in [0.5, 0.6) is 0 Å². The molecule has 1 nitrogen and oxygen atoms in total. The van der Waals surface area contributed by atoms with Crippen molar-refractivity contribution in [3.05, 3.63) is 0 Å². The van der Waals surface area contributed by atoms with E-state index >= 15 is 0 Å². The summed E-state index contributed by atoms with van der Waals surface area (Å²) in [6, 6.07) is 0. The van der Waals surface area contributed by atoms with Gasteiger partial charge in [0.2, 0.25) is 0 Å². The molecule has 0 saturated carbocycles. The van der Waals surface area contributed by atoms with Crippen LogP contribution in [0, 0.1) is 0 Å². The quantitative estimate of drug-likeness (QED) is 0.501. The Labute approximate surface area is 45.6 Å². The van der Waals surface area contributed by atoms with E-state index in [0.29, 0.717) is 0 Å². The molecule has 0 spiro atoms. The maximum atomic E-state index is 2.75. The fourth-order valence-electron chi connectivity index (χ4n) is 0. The van der Waals surface area contributed by atoms with E-state index in [1.165, 1.54) is 0 Å². The normalized spacial score (nSPS) is 4.50. The predicted octanol–water partition coefficient (Wildman–Crippen LogP) is -0.545. The Hall–Kier alpha value is 0.830. The van der Waals surface area contributed by atoms with Crippen LogP contribution in [0.3, 0.4) is 0 Å². The van der Waals surface area contributed by atoms with Crippen LogP contribution in [-0.2, 0) is 0 Å². The van der Waals surface area contributed by atoms with Crippen molar-refractivity contribution >= 4 is 25.8 Å². The fourth-order valence-corrected chi connectivity index (χ4v) is 0. The van der Waals surface area contributed by atoms with Gasteiger partial charge in [0.05, 0.1) is 0 Å². The minimum Gasteiger partial charge on any atom is -0.323 e. The van der Waals surface area contributed by atoms with Gasteiger partial charge in [-0.05, 0) is 14.1 Å². The van der Waals surface area contributed by atoms with Crippen molar-refractivity contribution in [1.29, 1.82) is 0 Å². The summed E-state index contributed by atoms with van der Waals surface area (Å²) in [6.07, 6.45) is 0. The van der Waals surface area contributed by atoms with Crippen molar-refractivity contribution in [1.82, 2.24) is 5.32 Å². The van der Waals surface area contributed by atoms with E-state index in [-0.39, 0.29) is 25.8 Å². The van der Waals surface area contributed by atoms with E-state index in [1.807, 2.05) is 14.1 Å². The Bertz CT molecular complexity index is 6.00. The third-order valence-electron chi connectivity index (χ3n) is 0. The topological polar surface area (TPSA) is 12.0 Å². The van der Waals surface area contributed by atoms with Gasteiger partial charge in [0.25, 0.3) is 0 Å². The molecule has 23 valence electrons. The van der Waals surface area contributed by atoms with Crippen molar-refractivity contribution in [2.45, 2.75) is 0 Å². The first-order valence-corrected chi connectivity index (χ1v) is 1.00. The molecule has 0 aromatic heterocycles. The van der Waals surface area contributed by atoms with E-state index < -0.39 is 0 Å². The summed E-state index contributed by atoms with van der Waals surface area (Å²) in [5.41, 5.74) is 0. The molecule has 0 atom stereocenters. The van der Waals surface area contributed by atoms with Gasteiger partial charge in [0.1, 0.15) is 0 Å². The van der Waals surface area contributed by atoms with Gasteiger partial charge in [-0.3, -0.25) is 0 Å². The van der Waals surface area contributed by atoms with E-state index in [9.17, 15) is 0 Å². The molecule has 0 aromatic rings. The Morgan fingerprint density at radius 3 is 1.25 bits per heavy atom. The molecule has 0 rings (SSSR count). The molecule has 0 fully saturated rings. The molecule has 0 aliphatic heterocycles. The van der Waals surface area contributed by atoms with Crippen molar-refractivity contribution in [2.75, 3.05) is 14.1 Å². The summed E-state index contributed by atoms with van der Waals surface area (Å²) in [6.45, 7) is 0. The molecule has 0 heterocycles. The fraction of sp³-hybridized carbons (Fsp3) is 1.00. The van der Waals surface area contributed by atoms with E-state index in [2.05, 4.69) is 5.32 Å². The largest absolute Gasteiger partial charge is 0.323 e. The maximum absolute atomic E-state index is 2.75. The summed E-state index contributed by atoms with van der Waals surface area (Å²) >= 11 is 0. The first-order valence-electron chi connectivity index (χ1n) is 1.00. The van der Waals surface area contributed by atoms with Gasteiger partial charge < -0.3 is 5.32 Å². The molecular formula is C2H7InN. The molecule has 0 bridgehead atoms. The summed E-state index contributed by atoms with van der Waals surface area (Å²) in [7, 11) is 3.75. The van der Waals surface area contributed by atoms with E-state index in [0.717, 1.165) is 0 Å². The smallest absolute Gasteiger partial charge is 0 e. The molecule has 0 saturated heterocycles. The van der Waals surface area contributed by atoms with Crippen molar-refractivity contribution in [3.63, 3.8) is 0 Å². The van der Waals surface area contributed by atoms with Gasteiger partial charge in [-0.1, -0.05) is 0 Å². The Kier molecular flexibility index (Phi) is 20.3. The molecule has 0 unspecified atom stereocenters. The third kappa shape index (κ3) is 13.8. The average Bonchev–Trinajstić information content (AvgIpc) is 0.918. The zero-order valence-electron chi connectivity index (χ0n) is 3.08. The Morgan fingerprint density at radius 2 is 1.25 bits per heavy atom. The van der Waals surface area contributed by atoms with E-state index in [4.69, 9.17) is 0 Å². The van der Waals surface area contributed by atoms with Crippen LogP contribution in [0.4, 0.5) is 0 Å². The van der Waals surface area contributed by atoms with Crippen LogP contribution in [0.2, 0.25) is 0 Å². The second kappa shape index (κ2) is 9.16. The van der Waals surface area contributed by atoms with Gasteiger partial charge in [-0.25, -0.2) is 0 Å². The molecule has 1 N–H and O–H groups in total. The number of hydrogen-bond donors (Lipinski definition) is 1. The third-order valence-corrected chi connectivity index (χ3v) is 0. The maximum Gasteiger partial charge on any atom is 0 e. The molecule has 0 amide bonds. The monoisotopic (exact) mass is 160 g/mol. The van der Waals surface area contributed by atoms with Gasteiger partial charge in [0, 0.05) is 25.8 Å². The van der Waals surface area contributed by atoms with Gasteiger partial charge in [0.15, 0.2) is 0 Å². The van der Waals surface area contributed by atoms with Crippen LogP contribution in [0.1, 0.15) is 0 Å². The minimum atomic E-state index is 0. The SMILES string of the molecule is CNC.[In]. The number of nitrogens with one attached hydrogen (secondary N) is 1. The summed E-state index contributed by atoms with van der Waals surface area (Å²) < 4.78 is 0. The summed E-state index contributed by atoms with van der Waals surface area (Å²) in [4.78, 5) is 0. The number of hydrogen-bond acceptors (Lipinski definition) is 1.